The number of hydrogen-bond acceptors (Lipinski definition) is 4. The van der Waals surface area contributed by atoms with Crippen LogP contribution in [0.1, 0.15) is 63.8 Å². The predicted molar refractivity (Wildman–Crippen MR) is 88.4 cm³/mol. The lowest BCUT2D eigenvalue weighted by atomic mass is 9.93. The first-order chi connectivity index (χ1) is 10.9. The Morgan fingerprint density at radius 2 is 2.17 bits per heavy atom. The number of carbonyl (C=O) groups is 1. The molecule has 5 heteroatoms. The van der Waals surface area contributed by atoms with E-state index in [4.69, 9.17) is 9.15 Å². The number of hydrogen-bond donors (Lipinski definition) is 1. The average molecular weight is 320 g/mol. The van der Waals surface area contributed by atoms with Crippen molar-refractivity contribution in [3.05, 3.63) is 23.7 Å². The van der Waals surface area contributed by atoms with E-state index < -0.39 is 5.60 Å². The maximum absolute atomic E-state index is 12.3. The first-order valence-corrected chi connectivity index (χ1v) is 8.73. The Bertz CT molecular complexity index is 543. The zero-order chi connectivity index (χ0) is 16.4. The maximum atomic E-state index is 12.3. The molecule has 2 aliphatic carbocycles. The molecule has 1 aromatic heterocycles. The zero-order valence-electron chi connectivity index (χ0n) is 14.4. The Hall–Kier alpha value is -1.49. The van der Waals surface area contributed by atoms with Crippen molar-refractivity contribution in [2.45, 2.75) is 70.6 Å². The lowest BCUT2D eigenvalue weighted by Crippen LogP contribution is -2.42. The second-order valence-corrected chi connectivity index (χ2v) is 7.60. The Kier molecular flexibility index (Phi) is 4.67. The molecule has 1 fully saturated rings. The van der Waals surface area contributed by atoms with Gasteiger partial charge in [0.05, 0.1) is 6.26 Å². The summed E-state index contributed by atoms with van der Waals surface area (Å²) >= 11 is 0. The van der Waals surface area contributed by atoms with Crippen LogP contribution >= 0.6 is 0 Å². The molecule has 1 atom stereocenters. The van der Waals surface area contributed by atoms with Crippen LogP contribution in [0, 0.1) is 0 Å². The molecule has 1 unspecified atom stereocenters. The summed E-state index contributed by atoms with van der Waals surface area (Å²) in [5.41, 5.74) is 0.846. The third kappa shape index (κ3) is 4.28. The lowest BCUT2D eigenvalue weighted by Gasteiger charge is -2.29. The van der Waals surface area contributed by atoms with E-state index in [9.17, 15) is 4.79 Å². The van der Waals surface area contributed by atoms with Crippen LogP contribution in [0.5, 0.6) is 0 Å². The average Bonchev–Trinajstić information content (AvgIpc) is 3.17. The highest BCUT2D eigenvalue weighted by atomic mass is 16.6. The van der Waals surface area contributed by atoms with E-state index in [-0.39, 0.29) is 6.09 Å². The molecule has 0 saturated heterocycles. The van der Waals surface area contributed by atoms with E-state index in [1.165, 1.54) is 5.56 Å². The van der Waals surface area contributed by atoms with Crippen LogP contribution in [-0.4, -0.2) is 35.7 Å². The van der Waals surface area contributed by atoms with Crippen LogP contribution in [-0.2, 0) is 11.2 Å². The second kappa shape index (κ2) is 6.56. The summed E-state index contributed by atoms with van der Waals surface area (Å²) in [7, 11) is 0. The van der Waals surface area contributed by atoms with Gasteiger partial charge in [0.25, 0.3) is 0 Å². The summed E-state index contributed by atoms with van der Waals surface area (Å²) in [5, 5.41) is 3.59. The smallest absolute Gasteiger partial charge is 0.410 e. The van der Waals surface area contributed by atoms with Crippen molar-refractivity contribution in [2.24, 2.45) is 0 Å². The van der Waals surface area contributed by atoms with Crippen molar-refractivity contribution in [1.29, 1.82) is 0 Å². The van der Waals surface area contributed by atoms with E-state index in [0.29, 0.717) is 18.6 Å². The third-order valence-electron chi connectivity index (χ3n) is 4.41. The number of furan rings is 1. The van der Waals surface area contributed by atoms with Crippen LogP contribution < -0.4 is 5.32 Å². The van der Waals surface area contributed by atoms with Gasteiger partial charge < -0.3 is 19.4 Å². The van der Waals surface area contributed by atoms with Crippen LogP contribution in [0.15, 0.2) is 16.7 Å². The molecular formula is C18H28N2O3. The van der Waals surface area contributed by atoms with Crippen molar-refractivity contribution in [3.63, 3.8) is 0 Å². The normalized spacial score (nSPS) is 20.9. The van der Waals surface area contributed by atoms with Crippen molar-refractivity contribution in [3.8, 4) is 0 Å². The molecule has 0 spiro atoms. The molecule has 0 aliphatic heterocycles. The molecule has 1 saturated carbocycles. The second-order valence-electron chi connectivity index (χ2n) is 7.60. The van der Waals surface area contributed by atoms with Gasteiger partial charge in [0.15, 0.2) is 0 Å². The molecule has 2 aliphatic rings. The fourth-order valence-electron chi connectivity index (χ4n) is 3.19. The summed E-state index contributed by atoms with van der Waals surface area (Å²) in [6.07, 6.45) is 7.09. The third-order valence-corrected chi connectivity index (χ3v) is 4.41. The van der Waals surface area contributed by atoms with Crippen LogP contribution in [0.3, 0.4) is 0 Å². The van der Waals surface area contributed by atoms with Gasteiger partial charge in [-0.25, -0.2) is 4.79 Å². The highest BCUT2D eigenvalue weighted by Crippen LogP contribution is 2.31. The minimum atomic E-state index is -0.438. The molecule has 0 aromatic carbocycles. The Balaban J connectivity index is 1.52. The SMILES string of the molecule is CC(C)(C)OC(=O)N(CCNC1CCCc2occc21)C1CC1. The summed E-state index contributed by atoms with van der Waals surface area (Å²) in [4.78, 5) is 14.2. The molecule has 5 nitrogen and oxygen atoms in total. The number of aryl methyl sites for hydroxylation is 1. The summed E-state index contributed by atoms with van der Waals surface area (Å²) < 4.78 is 11.1. The van der Waals surface area contributed by atoms with Crippen LogP contribution in [0.25, 0.3) is 0 Å². The van der Waals surface area contributed by atoms with Crippen LogP contribution in [0.2, 0.25) is 0 Å². The van der Waals surface area contributed by atoms with Gasteiger partial charge in [-0.1, -0.05) is 0 Å². The summed E-state index contributed by atoms with van der Waals surface area (Å²) in [6, 6.07) is 2.78. The molecule has 0 bridgehead atoms. The molecule has 128 valence electrons. The maximum Gasteiger partial charge on any atom is 0.410 e. The molecule has 1 aromatic rings. The van der Waals surface area contributed by atoms with Crippen molar-refractivity contribution in [2.75, 3.05) is 13.1 Å². The van der Waals surface area contributed by atoms with E-state index in [1.54, 1.807) is 6.26 Å². The van der Waals surface area contributed by atoms with Crippen LogP contribution in [0.4, 0.5) is 4.79 Å². The van der Waals surface area contributed by atoms with E-state index in [0.717, 1.165) is 44.4 Å². The minimum absolute atomic E-state index is 0.186. The van der Waals surface area contributed by atoms with Gasteiger partial charge in [0, 0.05) is 37.2 Å². The largest absolute Gasteiger partial charge is 0.469 e. The van der Waals surface area contributed by atoms with Gasteiger partial charge in [-0.2, -0.15) is 0 Å². The number of nitrogens with one attached hydrogen (secondary N) is 1. The topological polar surface area (TPSA) is 54.7 Å². The highest BCUT2D eigenvalue weighted by Gasteiger charge is 2.35. The first-order valence-electron chi connectivity index (χ1n) is 8.73. The molecule has 1 amide bonds. The quantitative estimate of drug-likeness (QED) is 0.900. The van der Waals surface area contributed by atoms with Gasteiger partial charge in [0.1, 0.15) is 11.4 Å². The Labute approximate surface area is 138 Å². The molecular weight excluding hydrogens is 292 g/mol. The monoisotopic (exact) mass is 320 g/mol. The summed E-state index contributed by atoms with van der Waals surface area (Å²) in [6.45, 7) is 7.22. The number of amides is 1. The van der Waals surface area contributed by atoms with Gasteiger partial charge in [-0.05, 0) is 52.5 Å². The van der Waals surface area contributed by atoms with Crippen molar-refractivity contribution in [1.82, 2.24) is 10.2 Å². The van der Waals surface area contributed by atoms with E-state index in [2.05, 4.69) is 11.4 Å². The highest BCUT2D eigenvalue weighted by molar-refractivity contribution is 5.69. The Morgan fingerprint density at radius 3 is 2.87 bits per heavy atom. The standard InChI is InChI=1S/C18H28N2O3/c1-18(2,3)23-17(21)20(13-7-8-13)11-10-19-15-5-4-6-16-14(15)9-12-22-16/h9,12-13,15,19H,4-8,10-11H2,1-3H3. The first kappa shape index (κ1) is 16.4. The molecule has 1 heterocycles. The Morgan fingerprint density at radius 1 is 1.39 bits per heavy atom. The molecule has 0 radical (unpaired) electrons. The predicted octanol–water partition coefficient (Wildman–Crippen LogP) is 3.65. The molecule has 3 rings (SSSR count). The molecule has 23 heavy (non-hydrogen) atoms. The molecule has 1 N–H and O–H groups in total. The van der Waals surface area contributed by atoms with Gasteiger partial charge >= 0.3 is 6.09 Å². The van der Waals surface area contributed by atoms with E-state index >= 15 is 0 Å². The fourth-order valence-corrected chi connectivity index (χ4v) is 3.19. The minimum Gasteiger partial charge on any atom is -0.469 e. The number of fused-ring (bicyclic) bond motifs is 1. The van der Waals surface area contributed by atoms with Gasteiger partial charge in [-0.15, -0.1) is 0 Å². The number of rotatable bonds is 5. The number of ether oxygens (including phenoxy) is 1. The van der Waals surface area contributed by atoms with Crippen molar-refractivity contribution < 1.29 is 13.9 Å². The number of carbonyl (C=O) groups excluding carboxylic acids is 1. The lowest BCUT2D eigenvalue weighted by molar-refractivity contribution is 0.0234. The number of nitrogens with zero attached hydrogens (tertiary/aromatic N) is 1. The fraction of sp³-hybridized carbons (Fsp3) is 0.722. The van der Waals surface area contributed by atoms with E-state index in [1.807, 2.05) is 25.7 Å². The summed E-state index contributed by atoms with van der Waals surface area (Å²) in [5.74, 6) is 1.11. The van der Waals surface area contributed by atoms with Gasteiger partial charge in [0.2, 0.25) is 0 Å². The zero-order valence-corrected chi connectivity index (χ0v) is 14.4. The van der Waals surface area contributed by atoms with Crippen molar-refractivity contribution >= 4 is 6.09 Å². The van der Waals surface area contributed by atoms with Gasteiger partial charge in [-0.3, -0.25) is 0 Å².